The van der Waals surface area contributed by atoms with Crippen LogP contribution in [0.4, 0.5) is 8.78 Å². The summed E-state index contributed by atoms with van der Waals surface area (Å²) in [6, 6.07) is 0. The molecule has 0 radical (unpaired) electrons. The van der Waals surface area contributed by atoms with Gasteiger partial charge in [0.25, 0.3) is 0 Å². The van der Waals surface area contributed by atoms with Gasteiger partial charge in [-0.1, -0.05) is 0 Å². The molecule has 0 aromatic rings. The van der Waals surface area contributed by atoms with Crippen LogP contribution in [-0.4, -0.2) is 5.92 Å². The van der Waals surface area contributed by atoms with E-state index in [9.17, 15) is 8.78 Å². The van der Waals surface area contributed by atoms with Crippen LogP contribution >= 0.6 is 0 Å². The Bertz CT molecular complexity index is 75.8. The Morgan fingerprint density at radius 2 is 1.83 bits per heavy atom. The Kier molecular flexibility index (Phi) is 1.28. The van der Waals surface area contributed by atoms with E-state index in [-0.39, 0.29) is 0 Å². The summed E-state index contributed by atoms with van der Waals surface area (Å²) < 4.78 is 31.0. The van der Waals surface area contributed by atoms with Gasteiger partial charge in [0, 0.05) is 0 Å². The maximum absolute atomic E-state index is 11.0. The molecule has 0 atom stereocenters. The average molecular weight is 93.1 g/mol. The Labute approximate surface area is 33.7 Å². The topological polar surface area (TPSA) is 19.9 Å². The molecule has 0 aromatic carbocycles. The van der Waals surface area contributed by atoms with E-state index >= 15 is 0 Å². The van der Waals surface area contributed by atoms with Crippen molar-refractivity contribution in [3.8, 4) is 6.15 Å². The van der Waals surface area contributed by atoms with Crippen LogP contribution < -0.4 is 0 Å². The monoisotopic (exact) mass is 93.0 g/mol. The third-order valence-corrected chi connectivity index (χ3v) is 0.179. The fourth-order valence-corrected chi connectivity index (χ4v) is 0. The van der Waals surface area contributed by atoms with Crippen LogP contribution in [0.3, 0.4) is 0 Å². The minimum absolute atomic E-state index is 0.486. The second-order valence-electron chi connectivity index (χ2n) is 0.990. The van der Waals surface area contributed by atoms with Crippen LogP contribution in [0.25, 0.3) is 0 Å². The molecule has 0 unspecified atom stereocenters. The van der Waals surface area contributed by atoms with Crippen LogP contribution in [0.5, 0.6) is 0 Å². The molecule has 0 bridgehead atoms. The van der Waals surface area contributed by atoms with Gasteiger partial charge in [-0.2, -0.15) is 0 Å². The van der Waals surface area contributed by atoms with E-state index in [0.29, 0.717) is 13.1 Å². The van der Waals surface area contributed by atoms with Crippen molar-refractivity contribution in [3.63, 3.8) is 0 Å². The molecule has 1 nitrogen and oxygen atoms in total. The van der Waals surface area contributed by atoms with Crippen molar-refractivity contribution in [1.29, 1.82) is 0 Å². The molecule has 0 heterocycles. The third kappa shape index (κ3) is 3.60. The molecule has 0 N–H and O–H groups in total. The van der Waals surface area contributed by atoms with Gasteiger partial charge in [-0.3, -0.25) is 0 Å². The van der Waals surface area contributed by atoms with Crippen molar-refractivity contribution in [2.45, 2.75) is 12.8 Å². The van der Waals surface area contributed by atoms with Gasteiger partial charge in [-0.25, -0.2) is 0 Å². The summed E-state index contributed by atoms with van der Waals surface area (Å²) in [6.07, 6.45) is 0.521. The maximum atomic E-state index is 11.0. The second kappa shape index (κ2) is 1.37. The van der Waals surface area contributed by atoms with Crippen molar-refractivity contribution in [2.75, 3.05) is 0 Å². The van der Waals surface area contributed by atoms with Crippen molar-refractivity contribution in [1.82, 2.24) is 0 Å². The normalized spacial score (nSPS) is 10.3. The van der Waals surface area contributed by atoms with Gasteiger partial charge in [0.1, 0.15) is 0 Å². The zero-order valence-corrected chi connectivity index (χ0v) is 3.16. The standard InChI is InChI=1S/C3H3F2O/c1-3(4,5)2-6/h1H3/q+1. The summed E-state index contributed by atoms with van der Waals surface area (Å²) in [5.74, 6) is -3.26. The summed E-state index contributed by atoms with van der Waals surface area (Å²) >= 11 is 0. The average Bonchev–Trinajstić information content (AvgIpc) is 1.35. The first-order valence-corrected chi connectivity index (χ1v) is 1.33. The van der Waals surface area contributed by atoms with Crippen LogP contribution in [0, 0.1) is 6.15 Å². The molecule has 0 aromatic heterocycles. The Hall–Kier alpha value is -0.400. The number of hydrogen-bond donors (Lipinski definition) is 0. The Morgan fingerprint density at radius 1 is 1.67 bits per heavy atom. The molecule has 0 saturated carbocycles. The van der Waals surface area contributed by atoms with Gasteiger partial charge in [-0.05, 0) is 0 Å². The molecule has 0 amide bonds. The molecule has 34 valence electrons. The molecule has 6 heavy (non-hydrogen) atoms. The van der Waals surface area contributed by atoms with Crippen LogP contribution in [-0.2, 0) is 4.65 Å². The van der Waals surface area contributed by atoms with Gasteiger partial charge in [0.05, 0.1) is 0 Å². The summed E-state index contributed by atoms with van der Waals surface area (Å²) in [5.41, 5.74) is 0. The van der Waals surface area contributed by atoms with Crippen LogP contribution in [0.2, 0.25) is 0 Å². The van der Waals surface area contributed by atoms with E-state index in [4.69, 9.17) is 4.65 Å². The number of hydrogen-bond acceptors (Lipinski definition) is 0. The van der Waals surface area contributed by atoms with E-state index in [2.05, 4.69) is 0 Å². The molecular weight excluding hydrogens is 90.0 g/mol. The fourth-order valence-electron chi connectivity index (χ4n) is 0. The SMILES string of the molecule is CC(F)(F)C#[O+]. The number of halogens is 2. The predicted octanol–water partition coefficient (Wildman–Crippen LogP) is 1.03. The third-order valence-electron chi connectivity index (χ3n) is 0.179. The van der Waals surface area contributed by atoms with Crippen molar-refractivity contribution in [3.05, 3.63) is 0 Å². The van der Waals surface area contributed by atoms with E-state index in [1.54, 1.807) is 0 Å². The summed E-state index contributed by atoms with van der Waals surface area (Å²) in [6.45, 7) is 0.486. The van der Waals surface area contributed by atoms with Crippen LogP contribution in [0.15, 0.2) is 0 Å². The molecule has 0 spiro atoms. The first kappa shape index (κ1) is 5.60. The van der Waals surface area contributed by atoms with Gasteiger partial charge >= 0.3 is 32.4 Å². The van der Waals surface area contributed by atoms with Crippen molar-refractivity contribution >= 4 is 0 Å². The zero-order valence-electron chi connectivity index (χ0n) is 3.16. The first-order chi connectivity index (χ1) is 2.56. The van der Waals surface area contributed by atoms with Crippen LogP contribution in [0.1, 0.15) is 6.92 Å². The molecule has 3 heteroatoms. The summed E-state index contributed by atoms with van der Waals surface area (Å²) in [4.78, 5) is 0. The van der Waals surface area contributed by atoms with E-state index in [1.165, 1.54) is 0 Å². The molecule has 0 aliphatic rings. The predicted molar refractivity (Wildman–Crippen MR) is 15.2 cm³/mol. The van der Waals surface area contributed by atoms with Gasteiger partial charge in [0.15, 0.2) is 0 Å². The van der Waals surface area contributed by atoms with Crippen molar-refractivity contribution < 1.29 is 13.4 Å². The van der Waals surface area contributed by atoms with E-state index in [0.717, 1.165) is 0 Å². The Balaban J connectivity index is 3.55. The quantitative estimate of drug-likeness (QED) is 0.398. The number of alkyl halides is 2. The Morgan fingerprint density at radius 3 is 1.83 bits per heavy atom. The summed E-state index contributed by atoms with van der Waals surface area (Å²) in [7, 11) is 0. The molecular formula is C3H3F2O+. The minimum atomic E-state index is -3.26. The molecule has 0 fully saturated rings. The number of rotatable bonds is 0. The van der Waals surface area contributed by atoms with E-state index in [1.807, 2.05) is 0 Å². The fraction of sp³-hybridized carbons (Fsp3) is 0.667. The second-order valence-corrected chi connectivity index (χ2v) is 0.990. The molecule has 0 saturated heterocycles. The molecule has 0 aliphatic carbocycles. The van der Waals surface area contributed by atoms with Gasteiger partial charge in [-0.15, -0.1) is 0 Å². The van der Waals surface area contributed by atoms with Gasteiger partial charge in [0.2, 0.25) is 0 Å². The molecule has 0 rings (SSSR count). The zero-order chi connectivity index (χ0) is 5.21. The first-order valence-electron chi connectivity index (χ1n) is 1.33. The van der Waals surface area contributed by atoms with E-state index < -0.39 is 5.92 Å². The summed E-state index contributed by atoms with van der Waals surface area (Å²) in [5, 5.41) is 0. The van der Waals surface area contributed by atoms with Crippen molar-refractivity contribution in [2.24, 2.45) is 0 Å². The molecule has 0 aliphatic heterocycles. The van der Waals surface area contributed by atoms with Gasteiger partial charge < -0.3 is 0 Å².